The van der Waals surface area contributed by atoms with E-state index < -0.39 is 6.10 Å². The molecule has 3 N–H and O–H groups in total. The average molecular weight is 330 g/mol. The van der Waals surface area contributed by atoms with Crippen LogP contribution in [-0.2, 0) is 0 Å². The van der Waals surface area contributed by atoms with Crippen LogP contribution in [0.25, 0.3) is 0 Å². The van der Waals surface area contributed by atoms with E-state index in [4.69, 9.17) is 5.26 Å². The Morgan fingerprint density at radius 1 is 1.46 bits per heavy atom. The number of carbonyl (C=O) groups excluding carboxylic acids is 1. The summed E-state index contributed by atoms with van der Waals surface area (Å²) >= 11 is 0. The van der Waals surface area contributed by atoms with Gasteiger partial charge < -0.3 is 20.6 Å². The van der Waals surface area contributed by atoms with Gasteiger partial charge in [0.1, 0.15) is 0 Å². The SMILES string of the molecule is Cc1ccc(C#N)cc1NC(=O)NCC(O)CN1CCC(C)CC1. The summed E-state index contributed by atoms with van der Waals surface area (Å²) in [5, 5.41) is 24.4. The summed E-state index contributed by atoms with van der Waals surface area (Å²) in [6.45, 7) is 6.91. The van der Waals surface area contributed by atoms with E-state index in [1.165, 1.54) is 0 Å². The van der Waals surface area contributed by atoms with Gasteiger partial charge >= 0.3 is 6.03 Å². The smallest absolute Gasteiger partial charge is 0.319 e. The summed E-state index contributed by atoms with van der Waals surface area (Å²) in [7, 11) is 0. The molecule has 1 saturated heterocycles. The molecule has 1 unspecified atom stereocenters. The zero-order valence-corrected chi connectivity index (χ0v) is 14.4. The lowest BCUT2D eigenvalue weighted by Gasteiger charge is -2.31. The predicted molar refractivity (Wildman–Crippen MR) is 93.8 cm³/mol. The van der Waals surface area contributed by atoms with Crippen LogP contribution in [-0.4, -0.2) is 48.3 Å². The summed E-state index contributed by atoms with van der Waals surface area (Å²) in [5.74, 6) is 0.759. The third-order valence-corrected chi connectivity index (χ3v) is 4.46. The van der Waals surface area contributed by atoms with E-state index in [9.17, 15) is 9.90 Å². The van der Waals surface area contributed by atoms with E-state index in [2.05, 4.69) is 22.5 Å². The third kappa shape index (κ3) is 5.52. The number of likely N-dealkylation sites (tertiary alicyclic amines) is 1. The van der Waals surface area contributed by atoms with Crippen LogP contribution in [0.3, 0.4) is 0 Å². The highest BCUT2D eigenvalue weighted by Crippen LogP contribution is 2.17. The summed E-state index contributed by atoms with van der Waals surface area (Å²) in [6.07, 6.45) is 1.74. The van der Waals surface area contributed by atoms with Crippen LogP contribution < -0.4 is 10.6 Å². The Morgan fingerprint density at radius 3 is 2.83 bits per heavy atom. The predicted octanol–water partition coefficient (Wildman–Crippen LogP) is 2.08. The van der Waals surface area contributed by atoms with Crippen molar-refractivity contribution in [2.24, 2.45) is 5.92 Å². The number of piperidine rings is 1. The average Bonchev–Trinajstić information content (AvgIpc) is 2.57. The number of nitrogens with one attached hydrogen (secondary N) is 2. The maximum atomic E-state index is 12.0. The Hall–Kier alpha value is -2.10. The van der Waals surface area contributed by atoms with Crippen molar-refractivity contribution in [1.82, 2.24) is 10.2 Å². The fraction of sp³-hybridized carbons (Fsp3) is 0.556. The number of aliphatic hydroxyl groups is 1. The van der Waals surface area contributed by atoms with E-state index in [0.29, 0.717) is 17.8 Å². The van der Waals surface area contributed by atoms with Crippen molar-refractivity contribution < 1.29 is 9.90 Å². The first-order chi connectivity index (χ1) is 11.5. The summed E-state index contributed by atoms with van der Waals surface area (Å²) in [6, 6.07) is 6.82. The van der Waals surface area contributed by atoms with Gasteiger partial charge in [0.05, 0.1) is 17.7 Å². The largest absolute Gasteiger partial charge is 0.390 e. The van der Waals surface area contributed by atoms with E-state index in [-0.39, 0.29) is 12.6 Å². The van der Waals surface area contributed by atoms with E-state index in [0.717, 1.165) is 37.4 Å². The molecule has 0 saturated carbocycles. The van der Waals surface area contributed by atoms with Crippen molar-refractivity contribution in [3.63, 3.8) is 0 Å². The van der Waals surface area contributed by atoms with Gasteiger partial charge in [0.2, 0.25) is 0 Å². The van der Waals surface area contributed by atoms with Gasteiger partial charge in [-0.2, -0.15) is 5.26 Å². The molecule has 2 amide bonds. The van der Waals surface area contributed by atoms with Crippen LogP contribution in [0.1, 0.15) is 30.9 Å². The maximum Gasteiger partial charge on any atom is 0.319 e. The number of β-amino-alcohol motifs (C(OH)–C–C–N with tert-alkyl or cyclic N) is 1. The van der Waals surface area contributed by atoms with Gasteiger partial charge in [-0.1, -0.05) is 13.0 Å². The topological polar surface area (TPSA) is 88.4 Å². The molecular weight excluding hydrogens is 304 g/mol. The minimum atomic E-state index is -0.587. The van der Waals surface area contributed by atoms with Gasteiger partial charge in [-0.05, 0) is 56.5 Å². The van der Waals surface area contributed by atoms with Crippen LogP contribution in [0.5, 0.6) is 0 Å². The minimum absolute atomic E-state index is 0.203. The molecule has 0 aliphatic carbocycles. The Labute approximate surface area is 143 Å². The second-order valence-corrected chi connectivity index (χ2v) is 6.61. The fourth-order valence-corrected chi connectivity index (χ4v) is 2.81. The number of aryl methyl sites for hydroxylation is 1. The molecule has 130 valence electrons. The fourth-order valence-electron chi connectivity index (χ4n) is 2.81. The molecule has 1 aromatic carbocycles. The molecule has 0 spiro atoms. The number of carbonyl (C=O) groups is 1. The van der Waals surface area contributed by atoms with Crippen LogP contribution in [0.4, 0.5) is 10.5 Å². The number of urea groups is 1. The van der Waals surface area contributed by atoms with Crippen molar-refractivity contribution in [3.8, 4) is 6.07 Å². The number of hydrogen-bond acceptors (Lipinski definition) is 4. The Bertz CT molecular complexity index is 604. The first-order valence-electron chi connectivity index (χ1n) is 8.44. The first-order valence-corrected chi connectivity index (χ1v) is 8.44. The van der Waals surface area contributed by atoms with Crippen molar-refractivity contribution >= 4 is 11.7 Å². The number of nitriles is 1. The normalized spacial score (nSPS) is 17.1. The van der Waals surface area contributed by atoms with Crippen LogP contribution >= 0.6 is 0 Å². The molecule has 6 heteroatoms. The van der Waals surface area contributed by atoms with Crippen molar-refractivity contribution in [2.45, 2.75) is 32.8 Å². The number of rotatable bonds is 5. The molecule has 6 nitrogen and oxygen atoms in total. The van der Waals surface area contributed by atoms with Crippen LogP contribution in [0, 0.1) is 24.2 Å². The Balaban J connectivity index is 1.75. The molecule has 1 heterocycles. The zero-order valence-electron chi connectivity index (χ0n) is 14.4. The zero-order chi connectivity index (χ0) is 17.5. The monoisotopic (exact) mass is 330 g/mol. The van der Waals surface area contributed by atoms with Gasteiger partial charge in [0.25, 0.3) is 0 Å². The second kappa shape index (κ2) is 8.67. The maximum absolute atomic E-state index is 12.0. The molecule has 0 bridgehead atoms. The van der Waals surface area contributed by atoms with Crippen LogP contribution in [0.15, 0.2) is 18.2 Å². The standard InChI is InChI=1S/C18H26N4O2/c1-13-5-7-22(8-6-13)12-16(23)11-20-18(24)21-17-9-15(10-19)4-3-14(17)2/h3-4,9,13,16,23H,5-8,11-12H2,1-2H3,(H2,20,21,24). The molecule has 0 aromatic heterocycles. The molecule has 0 radical (unpaired) electrons. The van der Waals surface area contributed by atoms with Crippen molar-refractivity contribution in [3.05, 3.63) is 29.3 Å². The lowest BCUT2D eigenvalue weighted by Crippen LogP contribution is -2.43. The molecule has 1 aromatic rings. The first kappa shape index (κ1) is 18.2. The van der Waals surface area contributed by atoms with E-state index in [1.807, 2.05) is 13.0 Å². The summed E-state index contributed by atoms with van der Waals surface area (Å²) in [5.41, 5.74) is 1.98. The molecule has 1 aliphatic rings. The van der Waals surface area contributed by atoms with Gasteiger partial charge in [0, 0.05) is 18.8 Å². The van der Waals surface area contributed by atoms with Crippen molar-refractivity contribution in [1.29, 1.82) is 5.26 Å². The number of amides is 2. The number of aliphatic hydroxyl groups excluding tert-OH is 1. The van der Waals surface area contributed by atoms with Crippen molar-refractivity contribution in [2.75, 3.05) is 31.5 Å². The summed E-state index contributed by atoms with van der Waals surface area (Å²) in [4.78, 5) is 14.2. The van der Waals surface area contributed by atoms with Gasteiger partial charge in [-0.15, -0.1) is 0 Å². The minimum Gasteiger partial charge on any atom is -0.390 e. The quantitative estimate of drug-likeness (QED) is 0.771. The molecule has 1 atom stereocenters. The van der Waals surface area contributed by atoms with Gasteiger partial charge in [-0.3, -0.25) is 0 Å². The number of nitrogens with zero attached hydrogens (tertiary/aromatic N) is 2. The van der Waals surface area contributed by atoms with E-state index >= 15 is 0 Å². The highest BCUT2D eigenvalue weighted by molar-refractivity contribution is 5.90. The second-order valence-electron chi connectivity index (χ2n) is 6.61. The molecule has 24 heavy (non-hydrogen) atoms. The Kier molecular flexibility index (Phi) is 6.59. The van der Waals surface area contributed by atoms with Crippen LogP contribution in [0.2, 0.25) is 0 Å². The highest BCUT2D eigenvalue weighted by atomic mass is 16.3. The lowest BCUT2D eigenvalue weighted by atomic mass is 9.99. The Morgan fingerprint density at radius 2 is 2.17 bits per heavy atom. The third-order valence-electron chi connectivity index (χ3n) is 4.46. The van der Waals surface area contributed by atoms with Gasteiger partial charge in [-0.25, -0.2) is 4.79 Å². The summed E-state index contributed by atoms with van der Waals surface area (Å²) < 4.78 is 0. The molecule has 2 rings (SSSR count). The lowest BCUT2D eigenvalue weighted by molar-refractivity contribution is 0.0924. The molecule has 1 aliphatic heterocycles. The van der Waals surface area contributed by atoms with Gasteiger partial charge in [0.15, 0.2) is 0 Å². The highest BCUT2D eigenvalue weighted by Gasteiger charge is 2.18. The number of hydrogen-bond donors (Lipinski definition) is 3. The van der Waals surface area contributed by atoms with E-state index in [1.54, 1.807) is 18.2 Å². The molecular formula is C18H26N4O2. The number of benzene rings is 1. The molecule has 1 fully saturated rings. The number of anilines is 1.